The van der Waals surface area contributed by atoms with Gasteiger partial charge in [0.15, 0.2) is 0 Å². The van der Waals surface area contributed by atoms with Gasteiger partial charge in [0.05, 0.1) is 11.1 Å². The van der Waals surface area contributed by atoms with Crippen LogP contribution in [0.25, 0.3) is 10.9 Å². The van der Waals surface area contributed by atoms with Gasteiger partial charge in [0.25, 0.3) is 5.91 Å². The van der Waals surface area contributed by atoms with E-state index >= 15 is 0 Å². The summed E-state index contributed by atoms with van der Waals surface area (Å²) in [6.07, 6.45) is 5.10. The lowest BCUT2D eigenvalue weighted by Gasteiger charge is -2.39. The summed E-state index contributed by atoms with van der Waals surface area (Å²) in [5.74, 6) is 0.507. The van der Waals surface area contributed by atoms with Crippen molar-refractivity contribution in [2.45, 2.75) is 31.8 Å². The van der Waals surface area contributed by atoms with Gasteiger partial charge in [0.2, 0.25) is 5.91 Å². The first kappa shape index (κ1) is 14.9. The summed E-state index contributed by atoms with van der Waals surface area (Å²) in [5, 5.41) is 6.26. The topological polar surface area (TPSA) is 87.2 Å². The van der Waals surface area contributed by atoms with E-state index in [9.17, 15) is 9.59 Å². The van der Waals surface area contributed by atoms with Crippen LogP contribution in [0.15, 0.2) is 24.5 Å². The number of rotatable bonds is 3. The van der Waals surface area contributed by atoms with Crippen molar-refractivity contribution >= 4 is 28.5 Å². The third-order valence-electron chi connectivity index (χ3n) is 4.78. The highest BCUT2D eigenvalue weighted by Gasteiger charge is 2.27. The van der Waals surface area contributed by atoms with Gasteiger partial charge in [0, 0.05) is 43.0 Å². The number of amides is 2. The third-order valence-corrected chi connectivity index (χ3v) is 4.78. The maximum absolute atomic E-state index is 12.3. The van der Waals surface area contributed by atoms with Crippen LogP contribution in [0.5, 0.6) is 0 Å². The molecule has 2 saturated heterocycles. The fraction of sp³-hybridized carbons (Fsp3) is 0.412. The Morgan fingerprint density at radius 2 is 2.17 bits per heavy atom. The summed E-state index contributed by atoms with van der Waals surface area (Å²) in [5.41, 5.74) is 1.25. The maximum atomic E-state index is 12.3. The Balaban J connectivity index is 1.55. The van der Waals surface area contributed by atoms with Crippen molar-refractivity contribution in [3.63, 3.8) is 0 Å². The van der Waals surface area contributed by atoms with E-state index in [1.807, 2.05) is 6.07 Å². The minimum Gasteiger partial charge on any atom is -0.354 e. The van der Waals surface area contributed by atoms with Gasteiger partial charge in [-0.25, -0.2) is 4.98 Å². The molecule has 4 heterocycles. The van der Waals surface area contributed by atoms with E-state index in [0.29, 0.717) is 24.6 Å². The molecule has 0 saturated carbocycles. The Morgan fingerprint density at radius 1 is 1.29 bits per heavy atom. The van der Waals surface area contributed by atoms with Crippen molar-refractivity contribution < 1.29 is 9.59 Å². The summed E-state index contributed by atoms with van der Waals surface area (Å²) in [6, 6.07) is 3.77. The molecule has 2 atom stereocenters. The number of nitrogens with one attached hydrogen (secondary N) is 2. The Hall–Kier alpha value is -2.70. The highest BCUT2D eigenvalue weighted by atomic mass is 16.2. The molecule has 24 heavy (non-hydrogen) atoms. The average Bonchev–Trinajstić information content (AvgIpc) is 2.97. The van der Waals surface area contributed by atoms with Gasteiger partial charge in [-0.1, -0.05) is 0 Å². The van der Waals surface area contributed by atoms with Crippen molar-refractivity contribution in [2.75, 3.05) is 18.0 Å². The van der Waals surface area contributed by atoms with E-state index in [2.05, 4.69) is 32.4 Å². The molecule has 2 aliphatic rings. The molecule has 4 rings (SSSR count). The zero-order valence-corrected chi connectivity index (χ0v) is 13.5. The lowest BCUT2D eigenvalue weighted by molar-refractivity contribution is -0.120. The third kappa shape index (κ3) is 2.55. The average molecular weight is 325 g/mol. The van der Waals surface area contributed by atoms with Gasteiger partial charge in [0.1, 0.15) is 11.9 Å². The van der Waals surface area contributed by atoms with E-state index in [4.69, 9.17) is 0 Å². The highest BCUT2D eigenvalue weighted by molar-refractivity contribution is 6.00. The largest absolute Gasteiger partial charge is 0.354 e. The first-order chi connectivity index (χ1) is 11.6. The number of carbonyl (C=O) groups is 2. The van der Waals surface area contributed by atoms with Crippen LogP contribution in [0.3, 0.4) is 0 Å². The second-order valence-corrected chi connectivity index (χ2v) is 6.40. The molecule has 2 amide bonds. The molecule has 2 fully saturated rings. The van der Waals surface area contributed by atoms with Gasteiger partial charge in [-0.15, -0.1) is 0 Å². The van der Waals surface area contributed by atoms with Crippen molar-refractivity contribution in [3.8, 4) is 0 Å². The zero-order chi connectivity index (χ0) is 16.7. The van der Waals surface area contributed by atoms with Crippen LogP contribution in [0, 0.1) is 0 Å². The van der Waals surface area contributed by atoms with Gasteiger partial charge >= 0.3 is 0 Å². The standard InChI is InChI=1S/C17H19N5O2/c1-10-3-5-22(10)15-7-14-11(8-20-15)6-12(9-19-14)16(23)21-13-2-4-18-17(13)24/h6-10,13H,2-5H2,1H3,(H,18,24)(H,21,23). The fourth-order valence-corrected chi connectivity index (χ4v) is 3.12. The van der Waals surface area contributed by atoms with Crippen LogP contribution in [0.1, 0.15) is 30.1 Å². The Kier molecular flexibility index (Phi) is 3.55. The smallest absolute Gasteiger partial charge is 0.253 e. The van der Waals surface area contributed by atoms with E-state index in [-0.39, 0.29) is 11.8 Å². The number of aromatic nitrogens is 2. The highest BCUT2D eigenvalue weighted by Crippen LogP contribution is 2.26. The minimum atomic E-state index is -0.457. The van der Waals surface area contributed by atoms with Crippen LogP contribution in [-0.2, 0) is 4.79 Å². The predicted molar refractivity (Wildman–Crippen MR) is 89.8 cm³/mol. The van der Waals surface area contributed by atoms with Gasteiger partial charge in [-0.05, 0) is 25.8 Å². The summed E-state index contributed by atoms with van der Waals surface area (Å²) < 4.78 is 0. The van der Waals surface area contributed by atoms with E-state index < -0.39 is 6.04 Å². The molecule has 7 nitrogen and oxygen atoms in total. The molecule has 124 valence electrons. The van der Waals surface area contributed by atoms with E-state index in [0.717, 1.165) is 23.3 Å². The number of fused-ring (bicyclic) bond motifs is 1. The Morgan fingerprint density at radius 3 is 2.83 bits per heavy atom. The number of pyridine rings is 2. The maximum Gasteiger partial charge on any atom is 0.253 e. The molecule has 7 heteroatoms. The predicted octanol–water partition coefficient (Wildman–Crippen LogP) is 0.847. The molecule has 2 aromatic rings. The van der Waals surface area contributed by atoms with Crippen LogP contribution >= 0.6 is 0 Å². The first-order valence-corrected chi connectivity index (χ1v) is 8.23. The summed E-state index contributed by atoms with van der Waals surface area (Å²) >= 11 is 0. The lowest BCUT2D eigenvalue weighted by atomic mass is 10.1. The molecule has 0 spiro atoms. The van der Waals surface area contributed by atoms with Crippen LogP contribution < -0.4 is 15.5 Å². The second kappa shape index (κ2) is 5.74. The molecule has 0 aliphatic carbocycles. The molecular weight excluding hydrogens is 306 g/mol. The molecule has 0 radical (unpaired) electrons. The monoisotopic (exact) mass is 325 g/mol. The summed E-state index contributed by atoms with van der Waals surface area (Å²) in [6.45, 7) is 3.79. The van der Waals surface area contributed by atoms with Gasteiger partial charge in [-0.3, -0.25) is 14.6 Å². The second-order valence-electron chi connectivity index (χ2n) is 6.40. The lowest BCUT2D eigenvalue weighted by Crippen LogP contribution is -2.46. The normalized spacial score (nSPS) is 23.0. The molecule has 0 bridgehead atoms. The molecule has 2 N–H and O–H groups in total. The number of carbonyl (C=O) groups excluding carboxylic acids is 2. The van der Waals surface area contributed by atoms with Crippen molar-refractivity contribution in [1.29, 1.82) is 0 Å². The fourth-order valence-electron chi connectivity index (χ4n) is 3.12. The van der Waals surface area contributed by atoms with E-state index in [1.54, 1.807) is 18.5 Å². The van der Waals surface area contributed by atoms with Crippen LogP contribution in [-0.4, -0.2) is 47.0 Å². The Bertz CT molecular complexity index is 822. The first-order valence-electron chi connectivity index (χ1n) is 8.23. The van der Waals surface area contributed by atoms with Crippen molar-refractivity contribution in [2.24, 2.45) is 0 Å². The van der Waals surface area contributed by atoms with Gasteiger partial charge < -0.3 is 15.5 Å². The molecule has 2 aliphatic heterocycles. The Labute approximate surface area is 139 Å². The van der Waals surface area contributed by atoms with Crippen LogP contribution in [0.2, 0.25) is 0 Å². The van der Waals surface area contributed by atoms with Crippen molar-refractivity contribution in [3.05, 3.63) is 30.1 Å². The summed E-state index contributed by atoms with van der Waals surface area (Å²) in [4.78, 5) is 35.0. The minimum absolute atomic E-state index is 0.132. The number of hydrogen-bond donors (Lipinski definition) is 2. The quantitative estimate of drug-likeness (QED) is 0.873. The summed E-state index contributed by atoms with van der Waals surface area (Å²) in [7, 11) is 0. The SMILES string of the molecule is CC1CCN1c1cc2ncc(C(=O)NC3CCNC3=O)cc2cn1. The van der Waals surface area contributed by atoms with Crippen LogP contribution in [0.4, 0.5) is 5.82 Å². The molecule has 2 aromatic heterocycles. The van der Waals surface area contributed by atoms with Gasteiger partial charge in [-0.2, -0.15) is 0 Å². The number of hydrogen-bond acceptors (Lipinski definition) is 5. The molecular formula is C17H19N5O2. The molecule has 2 unspecified atom stereocenters. The molecule has 0 aromatic carbocycles. The number of anilines is 1. The van der Waals surface area contributed by atoms with Crippen molar-refractivity contribution in [1.82, 2.24) is 20.6 Å². The zero-order valence-electron chi connectivity index (χ0n) is 13.5. The van der Waals surface area contributed by atoms with E-state index in [1.165, 1.54) is 6.42 Å². The number of nitrogens with zero attached hydrogens (tertiary/aromatic N) is 3.